The highest BCUT2D eigenvalue weighted by atomic mass is 32.1. The van der Waals surface area contributed by atoms with Crippen molar-refractivity contribution in [2.24, 2.45) is 5.41 Å². The molecule has 0 radical (unpaired) electrons. The third-order valence-corrected chi connectivity index (χ3v) is 4.12. The molecule has 18 heavy (non-hydrogen) atoms. The van der Waals surface area contributed by atoms with E-state index in [0.29, 0.717) is 6.42 Å². The van der Waals surface area contributed by atoms with Crippen LogP contribution in [-0.2, 0) is 17.6 Å². The Morgan fingerprint density at radius 2 is 2.17 bits per heavy atom. The maximum absolute atomic E-state index is 11.1. The predicted molar refractivity (Wildman–Crippen MR) is 74.1 cm³/mol. The number of fused-ring (bicyclic) bond motifs is 1. The second-order valence-corrected chi connectivity index (χ2v) is 6.21. The van der Waals surface area contributed by atoms with Gasteiger partial charge in [-0.15, -0.1) is 11.3 Å². The first-order chi connectivity index (χ1) is 8.44. The van der Waals surface area contributed by atoms with E-state index in [1.54, 1.807) is 25.2 Å². The van der Waals surface area contributed by atoms with Gasteiger partial charge >= 0.3 is 5.97 Å². The Hall–Kier alpha value is -1.42. The van der Waals surface area contributed by atoms with E-state index in [-0.39, 0.29) is 0 Å². The van der Waals surface area contributed by atoms with Gasteiger partial charge in [-0.05, 0) is 31.9 Å². The van der Waals surface area contributed by atoms with Crippen molar-refractivity contribution in [3.05, 3.63) is 28.8 Å². The Morgan fingerprint density at radius 1 is 1.44 bits per heavy atom. The average molecular weight is 263 g/mol. The summed E-state index contributed by atoms with van der Waals surface area (Å²) in [5.74, 6) is -0.780. The van der Waals surface area contributed by atoms with Crippen LogP contribution in [0.2, 0.25) is 0 Å². The molecule has 0 aliphatic carbocycles. The number of aryl methyl sites for hydroxylation is 1. The second-order valence-electron chi connectivity index (χ2n) is 5.09. The van der Waals surface area contributed by atoms with E-state index in [1.165, 1.54) is 5.56 Å². The van der Waals surface area contributed by atoms with Crippen LogP contribution in [0.3, 0.4) is 0 Å². The van der Waals surface area contributed by atoms with Gasteiger partial charge in [0.05, 0.1) is 20.6 Å². The molecule has 0 atom stereocenters. The van der Waals surface area contributed by atoms with Gasteiger partial charge in [-0.25, -0.2) is 4.98 Å². The monoisotopic (exact) mass is 263 g/mol. The summed E-state index contributed by atoms with van der Waals surface area (Å²) < 4.78 is 1.14. The molecule has 96 valence electrons. The van der Waals surface area contributed by atoms with Crippen molar-refractivity contribution in [2.75, 3.05) is 0 Å². The van der Waals surface area contributed by atoms with E-state index in [2.05, 4.69) is 18.0 Å². The fraction of sp³-hybridized carbons (Fsp3) is 0.429. The van der Waals surface area contributed by atoms with Gasteiger partial charge in [0, 0.05) is 6.42 Å². The molecule has 0 unspecified atom stereocenters. The van der Waals surface area contributed by atoms with Crippen molar-refractivity contribution in [3.63, 3.8) is 0 Å². The van der Waals surface area contributed by atoms with Gasteiger partial charge in [0.25, 0.3) is 0 Å². The van der Waals surface area contributed by atoms with Gasteiger partial charge < -0.3 is 5.11 Å². The Bertz CT molecular complexity index is 586. The normalized spacial score (nSPS) is 11.9. The topological polar surface area (TPSA) is 50.2 Å². The highest BCUT2D eigenvalue weighted by Gasteiger charge is 2.28. The molecule has 0 bridgehead atoms. The third kappa shape index (κ3) is 2.38. The minimum atomic E-state index is -0.780. The van der Waals surface area contributed by atoms with Gasteiger partial charge in [-0.2, -0.15) is 0 Å². The summed E-state index contributed by atoms with van der Waals surface area (Å²) in [7, 11) is 0. The van der Waals surface area contributed by atoms with Crippen molar-refractivity contribution >= 4 is 27.5 Å². The molecule has 0 amide bonds. The average Bonchev–Trinajstić information content (AvgIpc) is 2.69. The number of carboxylic acid groups (broad SMARTS) is 1. The Labute approximate surface area is 110 Å². The number of carbonyl (C=O) groups is 1. The lowest BCUT2D eigenvalue weighted by molar-refractivity contribution is -0.146. The van der Waals surface area contributed by atoms with E-state index >= 15 is 0 Å². The number of rotatable bonds is 4. The molecule has 1 aromatic carbocycles. The van der Waals surface area contributed by atoms with Crippen LogP contribution in [0.5, 0.6) is 0 Å². The van der Waals surface area contributed by atoms with Crippen molar-refractivity contribution in [1.29, 1.82) is 0 Å². The number of hydrogen-bond acceptors (Lipinski definition) is 3. The Balaban J connectivity index is 2.39. The number of hydrogen-bond donors (Lipinski definition) is 1. The molecule has 2 rings (SSSR count). The predicted octanol–water partition coefficient (Wildman–Crippen LogP) is 3.51. The first-order valence-electron chi connectivity index (χ1n) is 6.04. The van der Waals surface area contributed by atoms with E-state index in [1.807, 2.05) is 12.1 Å². The molecule has 1 aromatic heterocycles. The molecule has 2 aromatic rings. The zero-order valence-corrected chi connectivity index (χ0v) is 11.7. The maximum atomic E-state index is 11.1. The van der Waals surface area contributed by atoms with Crippen LogP contribution in [0.1, 0.15) is 31.3 Å². The van der Waals surface area contributed by atoms with Gasteiger partial charge in [0.15, 0.2) is 0 Å². The number of aromatic nitrogens is 1. The maximum Gasteiger partial charge on any atom is 0.309 e. The van der Waals surface area contributed by atoms with Crippen LogP contribution in [0, 0.1) is 5.41 Å². The molecule has 1 heterocycles. The van der Waals surface area contributed by atoms with Crippen molar-refractivity contribution in [3.8, 4) is 0 Å². The molecule has 0 aliphatic heterocycles. The lowest BCUT2D eigenvalue weighted by Crippen LogP contribution is -2.26. The summed E-state index contributed by atoms with van der Waals surface area (Å²) >= 11 is 1.60. The molecule has 0 fully saturated rings. The number of thiazole rings is 1. The van der Waals surface area contributed by atoms with Crippen LogP contribution in [0.4, 0.5) is 0 Å². The number of nitrogens with zero attached hydrogens (tertiary/aromatic N) is 1. The van der Waals surface area contributed by atoms with Crippen molar-refractivity contribution < 1.29 is 9.90 Å². The van der Waals surface area contributed by atoms with Gasteiger partial charge in [0.2, 0.25) is 0 Å². The van der Waals surface area contributed by atoms with Crippen LogP contribution >= 0.6 is 11.3 Å². The van der Waals surface area contributed by atoms with E-state index in [0.717, 1.165) is 21.6 Å². The number of benzene rings is 1. The quantitative estimate of drug-likeness (QED) is 0.918. The van der Waals surface area contributed by atoms with Gasteiger partial charge in [0.1, 0.15) is 0 Å². The first kappa shape index (κ1) is 13.0. The van der Waals surface area contributed by atoms with Crippen LogP contribution < -0.4 is 0 Å². The van der Waals surface area contributed by atoms with E-state index < -0.39 is 11.4 Å². The number of carboxylic acids is 1. The third-order valence-electron chi connectivity index (χ3n) is 3.10. The molecule has 4 heteroatoms. The van der Waals surface area contributed by atoms with Crippen molar-refractivity contribution in [1.82, 2.24) is 4.98 Å². The Morgan fingerprint density at radius 3 is 2.78 bits per heavy atom. The zero-order chi connectivity index (χ0) is 13.3. The largest absolute Gasteiger partial charge is 0.481 e. The summed E-state index contributed by atoms with van der Waals surface area (Å²) in [6.07, 6.45) is 1.42. The molecule has 0 spiro atoms. The molecule has 0 saturated heterocycles. The van der Waals surface area contributed by atoms with E-state index in [4.69, 9.17) is 5.11 Å². The minimum Gasteiger partial charge on any atom is -0.481 e. The highest BCUT2D eigenvalue weighted by molar-refractivity contribution is 7.18. The van der Waals surface area contributed by atoms with E-state index in [9.17, 15) is 4.79 Å². The van der Waals surface area contributed by atoms with Crippen LogP contribution in [0.15, 0.2) is 18.2 Å². The van der Waals surface area contributed by atoms with Crippen molar-refractivity contribution in [2.45, 2.75) is 33.6 Å². The molecule has 0 aliphatic rings. The summed E-state index contributed by atoms with van der Waals surface area (Å²) in [4.78, 5) is 15.7. The standard InChI is InChI=1S/C14H17NO2S/c1-4-9-6-5-7-10-12(9)15-11(18-10)8-14(2,3)13(16)17/h5-7H,4,8H2,1-3H3,(H,16,17). The van der Waals surface area contributed by atoms with Crippen LogP contribution in [-0.4, -0.2) is 16.1 Å². The summed E-state index contributed by atoms with van der Waals surface area (Å²) in [6.45, 7) is 5.58. The van der Waals surface area contributed by atoms with Gasteiger partial charge in [-0.1, -0.05) is 19.1 Å². The summed E-state index contributed by atoms with van der Waals surface area (Å²) in [5.41, 5.74) is 1.49. The molecule has 1 N–H and O–H groups in total. The number of para-hydroxylation sites is 1. The SMILES string of the molecule is CCc1cccc2sc(CC(C)(C)C(=O)O)nc12. The number of aliphatic carboxylic acids is 1. The second kappa shape index (κ2) is 4.69. The molecular weight excluding hydrogens is 246 g/mol. The fourth-order valence-electron chi connectivity index (χ4n) is 1.87. The fourth-order valence-corrected chi connectivity index (χ4v) is 3.11. The minimum absolute atomic E-state index is 0.477. The zero-order valence-electron chi connectivity index (χ0n) is 10.9. The molecule has 3 nitrogen and oxygen atoms in total. The Kier molecular flexibility index (Phi) is 3.39. The summed E-state index contributed by atoms with van der Waals surface area (Å²) in [6, 6.07) is 6.16. The highest BCUT2D eigenvalue weighted by Crippen LogP contribution is 2.30. The van der Waals surface area contributed by atoms with Crippen LogP contribution in [0.25, 0.3) is 10.2 Å². The molecule has 0 saturated carbocycles. The summed E-state index contributed by atoms with van der Waals surface area (Å²) in [5, 5.41) is 10.1. The smallest absolute Gasteiger partial charge is 0.309 e. The van der Waals surface area contributed by atoms with Gasteiger partial charge in [-0.3, -0.25) is 4.79 Å². The lowest BCUT2D eigenvalue weighted by atomic mass is 9.90. The molecular formula is C14H17NO2S. The lowest BCUT2D eigenvalue weighted by Gasteiger charge is -2.16. The first-order valence-corrected chi connectivity index (χ1v) is 6.86.